The Kier molecular flexibility index (Phi) is 90.3. The fourth-order valence-corrected chi connectivity index (χ4v) is 0.329. The summed E-state index contributed by atoms with van der Waals surface area (Å²) in [6.07, 6.45) is 0. The minimum absolute atomic E-state index is 0. The summed E-state index contributed by atoms with van der Waals surface area (Å²) >= 11 is 0. The first-order valence-corrected chi connectivity index (χ1v) is 7.08. The van der Waals surface area contributed by atoms with Gasteiger partial charge in [-0.1, -0.05) is 0 Å². The standard InChI is InChI=1S/C4H13N3.5C2H4O2.2Ca/c5-1-3-7-4-2-6;5*1-2(3)4;;/h7H,1-6H2;5*1H3,(H,3,4);;/q;;;;;;2*+2/p-4. The second-order valence-corrected chi connectivity index (χ2v) is 3.81. The number of carbonyl (C=O) groups is 5. The largest absolute Gasteiger partial charge is 2.00 e. The van der Waals surface area contributed by atoms with Crippen LogP contribution in [0, 0.1) is 0 Å². The summed E-state index contributed by atoms with van der Waals surface area (Å²) in [5.41, 5.74) is 10.3. The van der Waals surface area contributed by atoms with Crippen LogP contribution < -0.4 is 37.2 Å². The number of carboxylic acid groups (broad SMARTS) is 5. The third kappa shape index (κ3) is 1310. The maximum Gasteiger partial charge on any atom is 2.00 e. The molecule has 0 radical (unpaired) electrons. The molecule has 29 heavy (non-hydrogen) atoms. The van der Waals surface area contributed by atoms with E-state index in [1.54, 1.807) is 0 Å². The SMILES string of the molecule is CC(=O)O.CC(=O)[O-].CC(=O)[O-].CC(=O)[O-].CC(=O)[O-].NCCNCCN.[Ca+2].[Ca+2]. The van der Waals surface area contributed by atoms with Crippen LogP contribution in [0.15, 0.2) is 0 Å². The normalized spacial score (nSPS) is 6.59. The second kappa shape index (κ2) is 50.9. The minimum Gasteiger partial charge on any atom is -0.550 e. The van der Waals surface area contributed by atoms with E-state index in [4.69, 9.17) is 61.0 Å². The van der Waals surface area contributed by atoms with Crippen LogP contribution in [-0.4, -0.2) is 137 Å². The van der Waals surface area contributed by atoms with E-state index in [9.17, 15) is 0 Å². The number of rotatable bonds is 4. The zero-order chi connectivity index (χ0) is 23.4. The summed E-state index contributed by atoms with van der Waals surface area (Å²) in [6, 6.07) is 0. The van der Waals surface area contributed by atoms with Crippen LogP contribution in [-0.2, 0) is 24.0 Å². The van der Waals surface area contributed by atoms with Gasteiger partial charge in [-0.25, -0.2) is 0 Å². The van der Waals surface area contributed by atoms with Crippen molar-refractivity contribution in [2.24, 2.45) is 11.5 Å². The molecule has 0 amide bonds. The molecule has 0 aliphatic rings. The van der Waals surface area contributed by atoms with Gasteiger partial charge in [-0.15, -0.1) is 0 Å². The molecule has 0 aliphatic heterocycles. The maximum absolute atomic E-state index is 9.00. The number of hydrogen-bond acceptors (Lipinski definition) is 12. The Bertz CT molecular complexity index is 293. The molecule has 0 heterocycles. The summed E-state index contributed by atoms with van der Waals surface area (Å²) in [6.45, 7) is 8.11. The molecular weight excluding hydrogens is 450 g/mol. The van der Waals surface area contributed by atoms with Gasteiger partial charge in [0.25, 0.3) is 5.97 Å². The van der Waals surface area contributed by atoms with Crippen LogP contribution in [0.2, 0.25) is 0 Å². The molecule has 0 bridgehead atoms. The van der Waals surface area contributed by atoms with Crippen LogP contribution in [0.5, 0.6) is 0 Å². The monoisotopic (exact) mass is 479 g/mol. The van der Waals surface area contributed by atoms with Gasteiger partial charge < -0.3 is 61.5 Å². The van der Waals surface area contributed by atoms with Gasteiger partial charge >= 0.3 is 75.5 Å². The van der Waals surface area contributed by atoms with E-state index in [2.05, 4.69) is 5.32 Å². The van der Waals surface area contributed by atoms with E-state index >= 15 is 0 Å². The summed E-state index contributed by atoms with van der Waals surface area (Å²) < 4.78 is 0. The van der Waals surface area contributed by atoms with E-state index in [-0.39, 0.29) is 75.5 Å². The zero-order valence-corrected chi connectivity index (χ0v) is 21.9. The Morgan fingerprint density at radius 1 is 0.655 bits per heavy atom. The third-order valence-electron chi connectivity index (χ3n) is 0.642. The predicted octanol–water partition coefficient (Wildman–Crippen LogP) is -7.15. The van der Waals surface area contributed by atoms with Gasteiger partial charge in [0, 0.05) is 57.0 Å². The van der Waals surface area contributed by atoms with Gasteiger partial charge in [0.15, 0.2) is 0 Å². The molecule has 0 unspecified atom stereocenters. The molecular formula is C14H29Ca2N3O10. The van der Waals surface area contributed by atoms with E-state index in [0.717, 1.165) is 47.7 Å². The van der Waals surface area contributed by atoms with Crippen molar-refractivity contribution in [1.82, 2.24) is 5.32 Å². The number of hydrogen-bond donors (Lipinski definition) is 4. The van der Waals surface area contributed by atoms with Crippen LogP contribution in [0.25, 0.3) is 0 Å². The first kappa shape index (κ1) is 51.4. The molecule has 164 valence electrons. The molecule has 0 saturated carbocycles. The topological polar surface area (TPSA) is 262 Å². The average Bonchev–Trinajstić information content (AvgIpc) is 2.35. The van der Waals surface area contributed by atoms with E-state index < -0.39 is 29.8 Å². The molecule has 0 fully saturated rings. The first-order valence-electron chi connectivity index (χ1n) is 7.08. The van der Waals surface area contributed by atoms with Crippen molar-refractivity contribution in [3.05, 3.63) is 0 Å². The minimum atomic E-state index is -1.08. The van der Waals surface area contributed by atoms with Gasteiger partial charge in [0.1, 0.15) is 0 Å². The van der Waals surface area contributed by atoms with Gasteiger partial charge in [-0.3, -0.25) is 4.79 Å². The average molecular weight is 480 g/mol. The molecule has 0 spiro atoms. The van der Waals surface area contributed by atoms with Crippen molar-refractivity contribution < 1.29 is 49.5 Å². The van der Waals surface area contributed by atoms with Crippen molar-refractivity contribution in [3.8, 4) is 0 Å². The molecule has 13 nitrogen and oxygen atoms in total. The first-order chi connectivity index (χ1) is 12.1. The van der Waals surface area contributed by atoms with E-state index in [1.807, 2.05) is 0 Å². The summed E-state index contributed by atoms with van der Waals surface area (Å²) in [7, 11) is 0. The predicted molar refractivity (Wildman–Crippen MR) is 98.5 cm³/mol. The molecule has 0 aromatic carbocycles. The fraction of sp³-hybridized carbons (Fsp3) is 0.643. The second-order valence-electron chi connectivity index (χ2n) is 3.81. The summed E-state index contributed by atoms with van der Waals surface area (Å²) in [4.78, 5) is 44.6. The van der Waals surface area contributed by atoms with Crippen LogP contribution >= 0.6 is 0 Å². The number of aliphatic carboxylic acids is 5. The third-order valence-corrected chi connectivity index (χ3v) is 0.642. The smallest absolute Gasteiger partial charge is 0.550 e. The number of nitrogens with one attached hydrogen (secondary N) is 1. The van der Waals surface area contributed by atoms with Crippen molar-refractivity contribution in [2.45, 2.75) is 34.6 Å². The Morgan fingerprint density at radius 3 is 0.828 bits per heavy atom. The Balaban J connectivity index is -0.0000000305. The summed E-state index contributed by atoms with van der Waals surface area (Å²) in [5.74, 6) is -5.17. The Hall–Kier alpha value is -0.251. The molecule has 0 aromatic heterocycles. The number of nitrogens with two attached hydrogens (primary N) is 2. The van der Waals surface area contributed by atoms with Gasteiger partial charge in [0.05, 0.1) is 0 Å². The molecule has 0 atom stereocenters. The van der Waals surface area contributed by atoms with Gasteiger partial charge in [-0.05, 0) is 27.7 Å². The van der Waals surface area contributed by atoms with E-state index in [0.29, 0.717) is 13.1 Å². The maximum atomic E-state index is 9.00. The van der Waals surface area contributed by atoms with Gasteiger partial charge in [0.2, 0.25) is 0 Å². The fourth-order valence-electron chi connectivity index (χ4n) is 0.329. The van der Waals surface area contributed by atoms with Crippen molar-refractivity contribution in [2.75, 3.05) is 26.2 Å². The number of carbonyl (C=O) groups excluding carboxylic acids is 4. The Labute approximate surface area is 230 Å². The molecule has 0 aliphatic carbocycles. The molecule has 0 aromatic rings. The van der Waals surface area contributed by atoms with Crippen molar-refractivity contribution in [1.29, 1.82) is 0 Å². The molecule has 15 heteroatoms. The molecule has 0 rings (SSSR count). The molecule has 6 N–H and O–H groups in total. The van der Waals surface area contributed by atoms with Gasteiger partial charge in [-0.2, -0.15) is 0 Å². The quantitative estimate of drug-likeness (QED) is 0.216. The molecule has 0 saturated heterocycles. The van der Waals surface area contributed by atoms with Crippen molar-refractivity contribution in [3.63, 3.8) is 0 Å². The van der Waals surface area contributed by atoms with E-state index in [1.165, 1.54) is 0 Å². The van der Waals surface area contributed by atoms with Crippen molar-refractivity contribution >= 4 is 105 Å². The van der Waals surface area contributed by atoms with Crippen LogP contribution in [0.4, 0.5) is 0 Å². The van der Waals surface area contributed by atoms with Crippen LogP contribution in [0.1, 0.15) is 34.6 Å². The number of carboxylic acids is 5. The zero-order valence-electron chi connectivity index (χ0n) is 17.5. The van der Waals surface area contributed by atoms with Crippen LogP contribution in [0.3, 0.4) is 0 Å². The Morgan fingerprint density at radius 2 is 0.759 bits per heavy atom. The summed E-state index contributed by atoms with van der Waals surface area (Å²) in [5, 5.41) is 46.0.